The summed E-state index contributed by atoms with van der Waals surface area (Å²) in [6.45, 7) is 3.27. The first-order valence-corrected chi connectivity index (χ1v) is 8.05. The second-order valence-corrected chi connectivity index (χ2v) is 5.74. The van der Waals surface area contributed by atoms with Gasteiger partial charge in [0.2, 0.25) is 6.10 Å². The number of carbonyl (C=O) groups is 2. The molecule has 0 aliphatic heterocycles. The zero-order chi connectivity index (χ0) is 19.1. The van der Waals surface area contributed by atoms with E-state index in [0.29, 0.717) is 0 Å². The van der Waals surface area contributed by atoms with Crippen LogP contribution in [0.1, 0.15) is 32.5 Å². The van der Waals surface area contributed by atoms with Gasteiger partial charge in [0.25, 0.3) is 0 Å². The average Bonchev–Trinajstić information content (AvgIpc) is 2.58. The molecule has 1 aliphatic rings. The largest absolute Gasteiger partial charge is 0.460 e. The van der Waals surface area contributed by atoms with E-state index in [0.717, 1.165) is 6.08 Å². The lowest BCUT2D eigenvalue weighted by atomic mass is 10.1. The number of rotatable bonds is 6. The maximum absolute atomic E-state index is 13.7. The summed E-state index contributed by atoms with van der Waals surface area (Å²) in [5.74, 6) is -2.25. The van der Waals surface area contributed by atoms with E-state index in [1.54, 1.807) is 19.9 Å². The van der Waals surface area contributed by atoms with E-state index < -0.39 is 41.6 Å². The van der Waals surface area contributed by atoms with Gasteiger partial charge < -0.3 is 9.47 Å². The van der Waals surface area contributed by atoms with Crippen molar-refractivity contribution in [1.29, 1.82) is 0 Å². The first-order chi connectivity index (χ1) is 12.4. The Morgan fingerprint density at radius 3 is 2.54 bits per heavy atom. The van der Waals surface area contributed by atoms with Crippen LogP contribution in [0.4, 0.5) is 13.6 Å². The van der Waals surface area contributed by atoms with Crippen molar-refractivity contribution >= 4 is 12.1 Å². The number of nitrogens with one attached hydrogen (secondary N) is 1. The van der Waals surface area contributed by atoms with E-state index in [4.69, 9.17) is 9.47 Å². The van der Waals surface area contributed by atoms with Gasteiger partial charge in [0.15, 0.2) is 0 Å². The standard InChI is InChI=1S/C17H19F2N3O4/c1-10(2)25-16(23)13(9-14-20-7-4-8-21-14)26-17(24)22-15-11(18)5-3-6-12(15)19/h4-5,7-8,10,13H,3,6,9H2,1-2H3,(H,22,24). The Hall–Kier alpha value is -2.84. The molecule has 1 atom stereocenters. The molecule has 1 heterocycles. The van der Waals surface area contributed by atoms with Crippen LogP contribution < -0.4 is 5.32 Å². The number of alkyl carbamates (subject to hydrolysis) is 1. The zero-order valence-corrected chi connectivity index (χ0v) is 14.4. The van der Waals surface area contributed by atoms with E-state index in [-0.39, 0.29) is 25.1 Å². The molecule has 1 aromatic heterocycles. The lowest BCUT2D eigenvalue weighted by molar-refractivity contribution is -0.157. The highest BCUT2D eigenvalue weighted by atomic mass is 19.1. The third-order valence-corrected chi connectivity index (χ3v) is 3.28. The van der Waals surface area contributed by atoms with Crippen molar-refractivity contribution in [2.75, 3.05) is 0 Å². The third kappa shape index (κ3) is 5.61. The molecule has 1 amide bonds. The monoisotopic (exact) mass is 367 g/mol. The minimum Gasteiger partial charge on any atom is -0.460 e. The molecule has 1 aromatic rings. The summed E-state index contributed by atoms with van der Waals surface area (Å²) in [6, 6.07) is 1.59. The number of allylic oxidation sites excluding steroid dienone is 3. The predicted molar refractivity (Wildman–Crippen MR) is 86.9 cm³/mol. The number of hydrogen-bond acceptors (Lipinski definition) is 6. The van der Waals surface area contributed by atoms with E-state index in [2.05, 4.69) is 9.97 Å². The smallest absolute Gasteiger partial charge is 0.412 e. The van der Waals surface area contributed by atoms with Gasteiger partial charge in [-0.3, -0.25) is 5.32 Å². The highest BCUT2D eigenvalue weighted by Gasteiger charge is 2.28. The highest BCUT2D eigenvalue weighted by molar-refractivity contribution is 5.80. The molecule has 9 heteroatoms. The number of carbonyl (C=O) groups excluding carboxylic acids is 2. The highest BCUT2D eigenvalue weighted by Crippen LogP contribution is 2.25. The molecular formula is C17H19F2N3O4. The van der Waals surface area contributed by atoms with Crippen LogP contribution in [0.25, 0.3) is 0 Å². The van der Waals surface area contributed by atoms with Crippen LogP contribution in [-0.2, 0) is 20.7 Å². The van der Waals surface area contributed by atoms with E-state index >= 15 is 0 Å². The summed E-state index contributed by atoms with van der Waals surface area (Å²) in [7, 11) is 0. The fourth-order valence-corrected chi connectivity index (χ4v) is 2.15. The summed E-state index contributed by atoms with van der Waals surface area (Å²) in [5.41, 5.74) is -0.590. The Labute approximate surface area is 149 Å². The topological polar surface area (TPSA) is 90.4 Å². The summed E-state index contributed by atoms with van der Waals surface area (Å²) >= 11 is 0. The second-order valence-electron chi connectivity index (χ2n) is 5.74. The maximum atomic E-state index is 13.7. The molecule has 0 saturated carbocycles. The summed E-state index contributed by atoms with van der Waals surface area (Å²) in [5, 5.41) is 1.99. The number of ether oxygens (including phenoxy) is 2. The molecule has 26 heavy (non-hydrogen) atoms. The summed E-state index contributed by atoms with van der Waals surface area (Å²) in [4.78, 5) is 32.1. The fourth-order valence-electron chi connectivity index (χ4n) is 2.15. The van der Waals surface area contributed by atoms with Crippen molar-refractivity contribution in [2.45, 2.75) is 45.3 Å². The van der Waals surface area contributed by atoms with Crippen LogP contribution in [0.5, 0.6) is 0 Å². The van der Waals surface area contributed by atoms with Crippen molar-refractivity contribution in [3.8, 4) is 0 Å². The number of aromatic nitrogens is 2. The van der Waals surface area contributed by atoms with Gasteiger partial charge >= 0.3 is 12.1 Å². The Balaban J connectivity index is 2.08. The Morgan fingerprint density at radius 2 is 1.92 bits per heavy atom. The third-order valence-electron chi connectivity index (χ3n) is 3.28. The van der Waals surface area contributed by atoms with Gasteiger partial charge in [-0.1, -0.05) is 0 Å². The zero-order valence-electron chi connectivity index (χ0n) is 14.4. The number of halogens is 2. The fraction of sp³-hybridized carbons (Fsp3) is 0.412. The van der Waals surface area contributed by atoms with Gasteiger partial charge in [0, 0.05) is 18.8 Å². The van der Waals surface area contributed by atoms with Crippen LogP contribution in [0.3, 0.4) is 0 Å². The Morgan fingerprint density at radius 1 is 1.23 bits per heavy atom. The molecule has 0 radical (unpaired) electrons. The summed E-state index contributed by atoms with van der Waals surface area (Å²) < 4.78 is 37.4. The molecule has 1 N–H and O–H groups in total. The molecule has 7 nitrogen and oxygen atoms in total. The van der Waals surface area contributed by atoms with Gasteiger partial charge in [-0.2, -0.15) is 0 Å². The summed E-state index contributed by atoms with van der Waals surface area (Å²) in [6.07, 6.45) is 1.15. The number of hydrogen-bond donors (Lipinski definition) is 1. The van der Waals surface area contributed by atoms with Crippen LogP contribution in [0.15, 0.2) is 41.9 Å². The predicted octanol–water partition coefficient (Wildman–Crippen LogP) is 2.89. The van der Waals surface area contributed by atoms with Crippen molar-refractivity contribution in [1.82, 2.24) is 15.3 Å². The number of amides is 1. The lowest BCUT2D eigenvalue weighted by Crippen LogP contribution is -2.37. The van der Waals surface area contributed by atoms with E-state index in [1.165, 1.54) is 12.4 Å². The quantitative estimate of drug-likeness (QED) is 0.778. The molecule has 1 aliphatic carbocycles. The van der Waals surface area contributed by atoms with E-state index in [9.17, 15) is 18.4 Å². The number of esters is 1. The average molecular weight is 367 g/mol. The first kappa shape index (κ1) is 19.5. The molecule has 0 fully saturated rings. The Kier molecular flexibility index (Phi) is 6.76. The van der Waals surface area contributed by atoms with E-state index in [1.807, 2.05) is 5.32 Å². The molecule has 140 valence electrons. The van der Waals surface area contributed by atoms with Crippen LogP contribution in [0, 0.1) is 0 Å². The van der Waals surface area contributed by atoms with Crippen molar-refractivity contribution in [2.24, 2.45) is 0 Å². The Bertz CT molecular complexity index is 720. The molecule has 0 spiro atoms. The van der Waals surface area contributed by atoms with Gasteiger partial charge in [0.05, 0.1) is 12.5 Å². The molecule has 2 rings (SSSR count). The van der Waals surface area contributed by atoms with Crippen LogP contribution >= 0.6 is 0 Å². The van der Waals surface area contributed by atoms with Crippen molar-refractivity contribution < 1.29 is 27.8 Å². The van der Waals surface area contributed by atoms with Gasteiger partial charge in [-0.25, -0.2) is 28.3 Å². The lowest BCUT2D eigenvalue weighted by Gasteiger charge is -2.19. The second kappa shape index (κ2) is 9.02. The molecule has 0 bridgehead atoms. The van der Waals surface area contributed by atoms with Crippen molar-refractivity contribution in [3.05, 3.63) is 47.7 Å². The minimum atomic E-state index is -1.36. The minimum absolute atomic E-state index is 0.0281. The normalized spacial score (nSPS) is 15.3. The molecule has 1 unspecified atom stereocenters. The maximum Gasteiger partial charge on any atom is 0.412 e. The van der Waals surface area contributed by atoms with Crippen molar-refractivity contribution in [3.63, 3.8) is 0 Å². The van der Waals surface area contributed by atoms with Crippen LogP contribution in [0.2, 0.25) is 0 Å². The van der Waals surface area contributed by atoms with Gasteiger partial charge in [-0.05, 0) is 32.4 Å². The van der Waals surface area contributed by atoms with Crippen LogP contribution in [-0.4, -0.2) is 34.2 Å². The molecular weight excluding hydrogens is 348 g/mol. The SMILES string of the molecule is CC(C)OC(=O)C(Cc1ncccn1)OC(=O)NC1=C(F)CCC=C1F. The molecule has 0 aromatic carbocycles. The molecule has 0 saturated heterocycles. The number of nitrogens with zero attached hydrogens (tertiary/aromatic N) is 2. The van der Waals surface area contributed by atoms with Gasteiger partial charge in [0.1, 0.15) is 23.2 Å². The first-order valence-electron chi connectivity index (χ1n) is 8.05. The van der Waals surface area contributed by atoms with Gasteiger partial charge in [-0.15, -0.1) is 0 Å².